The second kappa shape index (κ2) is 16.0. The van der Waals surface area contributed by atoms with Crippen LogP contribution in [0.1, 0.15) is 26.2 Å². The molecular formula is C19H26F13NO4. The zero-order valence-electron chi connectivity index (χ0n) is 19.5. The first-order valence-corrected chi connectivity index (χ1v) is 9.86. The fourth-order valence-electron chi connectivity index (χ4n) is 3.04. The van der Waals surface area contributed by atoms with Gasteiger partial charge in [-0.1, -0.05) is 6.92 Å². The number of ether oxygens (including phenoxy) is 1. The summed E-state index contributed by atoms with van der Waals surface area (Å²) in [6, 6.07) is 0. The predicted octanol–water partition coefficient (Wildman–Crippen LogP) is 5.72. The lowest BCUT2D eigenvalue weighted by Gasteiger charge is -2.39. The van der Waals surface area contributed by atoms with Crippen molar-refractivity contribution in [1.29, 1.82) is 0 Å². The Morgan fingerprint density at radius 1 is 0.811 bits per heavy atom. The molecule has 0 aromatic carbocycles. The van der Waals surface area contributed by atoms with E-state index < -0.39 is 87.0 Å². The van der Waals surface area contributed by atoms with Crippen molar-refractivity contribution in [3.8, 4) is 0 Å². The van der Waals surface area contributed by atoms with Crippen molar-refractivity contribution in [2.75, 3.05) is 33.4 Å². The number of carbonyl (C=O) groups is 3. The molecule has 0 amide bonds. The molecule has 0 saturated carbocycles. The van der Waals surface area contributed by atoms with Crippen LogP contribution in [0.2, 0.25) is 0 Å². The molecule has 0 saturated heterocycles. The molecule has 0 bridgehead atoms. The number of nitrogens with zero attached hydrogens (tertiary/aromatic N) is 1. The van der Waals surface area contributed by atoms with E-state index in [2.05, 4.69) is 4.74 Å². The van der Waals surface area contributed by atoms with Gasteiger partial charge < -0.3 is 14.3 Å². The van der Waals surface area contributed by atoms with E-state index in [0.29, 0.717) is 0 Å². The number of likely N-dealkylation sites (N-methyl/N-ethyl adjacent to an activating group) is 1. The monoisotopic (exact) mass is 579 g/mol. The Morgan fingerprint density at radius 3 is 1.49 bits per heavy atom. The van der Waals surface area contributed by atoms with Gasteiger partial charge in [0.05, 0.1) is 25.5 Å². The molecule has 2 atom stereocenters. The topological polar surface area (TPSA) is 63.7 Å². The Bertz CT molecular complexity index is 632. The van der Waals surface area contributed by atoms with Crippen molar-refractivity contribution in [3.05, 3.63) is 0 Å². The van der Waals surface area contributed by atoms with Crippen LogP contribution in [0, 0.1) is 17.3 Å². The first kappa shape index (κ1) is 39.4. The molecule has 0 N–H and O–H groups in total. The van der Waals surface area contributed by atoms with E-state index >= 15 is 0 Å². The lowest BCUT2D eigenvalue weighted by molar-refractivity contribution is -0.357. The smallest absolute Gasteiger partial charge is 0.405 e. The maximum absolute atomic E-state index is 13.3. The van der Waals surface area contributed by atoms with Crippen LogP contribution in [-0.2, 0) is 19.1 Å². The van der Waals surface area contributed by atoms with Gasteiger partial charge in [0.1, 0.15) is 20.3 Å². The van der Waals surface area contributed by atoms with Crippen LogP contribution in [0.15, 0.2) is 0 Å². The summed E-state index contributed by atoms with van der Waals surface area (Å²) in [6.07, 6.45) is -30.8. The Kier molecular flexibility index (Phi) is 17.0. The molecule has 0 rings (SSSR count). The minimum Gasteiger partial charge on any atom is -0.468 e. The molecule has 0 radical (unpaired) electrons. The van der Waals surface area contributed by atoms with Crippen LogP contribution < -0.4 is 0 Å². The SMILES string of the molecule is C=O.C=O.CCN(CCC(CC(CC(CF)(C(F)(F)F)C(F)(F)F)C(F)(F)F)C(F)(F)F)CC(=O)OC. The number of alkyl halides is 13. The minimum absolute atomic E-state index is 0.0600. The molecule has 222 valence electrons. The number of methoxy groups -OCH3 is 1. The Labute approximate surface area is 203 Å². The Hall–Kier alpha value is -2.14. The summed E-state index contributed by atoms with van der Waals surface area (Å²) >= 11 is 0. The van der Waals surface area contributed by atoms with E-state index in [4.69, 9.17) is 9.59 Å². The standard InChI is InChI=1S/C17H22F13NO2.2CH2O/c1-3-31(8-12(32)33-2)5-4-10(14(19,20)21)6-11(15(22,23)24)7-13(9-18,16(25,26)27)17(28,29)30;2*1-2/h10-11H,3-9H2,1-2H3;2*1H2. The third-order valence-electron chi connectivity index (χ3n) is 5.22. The van der Waals surface area contributed by atoms with Crippen molar-refractivity contribution in [3.63, 3.8) is 0 Å². The van der Waals surface area contributed by atoms with Crippen molar-refractivity contribution < 1.29 is 76.2 Å². The predicted molar refractivity (Wildman–Crippen MR) is 102 cm³/mol. The molecule has 37 heavy (non-hydrogen) atoms. The summed E-state index contributed by atoms with van der Waals surface area (Å²) in [5, 5.41) is 0. The highest BCUT2D eigenvalue weighted by molar-refractivity contribution is 5.71. The number of carbonyl (C=O) groups excluding carboxylic acids is 3. The Morgan fingerprint density at radius 2 is 1.22 bits per heavy atom. The highest BCUT2D eigenvalue weighted by Crippen LogP contribution is 2.57. The van der Waals surface area contributed by atoms with Crippen LogP contribution in [0.4, 0.5) is 57.1 Å². The van der Waals surface area contributed by atoms with Crippen molar-refractivity contribution in [2.24, 2.45) is 17.3 Å². The maximum atomic E-state index is 13.3. The normalized spacial score (nSPS) is 14.6. The van der Waals surface area contributed by atoms with Crippen molar-refractivity contribution >= 4 is 19.5 Å². The summed E-state index contributed by atoms with van der Waals surface area (Å²) in [6.45, 7) is 0.786. The van der Waals surface area contributed by atoms with Crippen molar-refractivity contribution in [1.82, 2.24) is 4.90 Å². The van der Waals surface area contributed by atoms with Gasteiger partial charge in [0.15, 0.2) is 5.41 Å². The van der Waals surface area contributed by atoms with Gasteiger partial charge in [-0.3, -0.25) is 9.69 Å². The average Bonchev–Trinajstić information content (AvgIpc) is 2.76. The van der Waals surface area contributed by atoms with Gasteiger partial charge in [0.25, 0.3) is 0 Å². The highest BCUT2D eigenvalue weighted by Gasteiger charge is 2.72. The highest BCUT2D eigenvalue weighted by atomic mass is 19.4. The second-order valence-electron chi connectivity index (χ2n) is 7.36. The first-order chi connectivity index (χ1) is 16.7. The summed E-state index contributed by atoms with van der Waals surface area (Å²) < 4.78 is 175. The van der Waals surface area contributed by atoms with Crippen LogP contribution >= 0.6 is 0 Å². The minimum atomic E-state index is -6.54. The lowest BCUT2D eigenvalue weighted by Crippen LogP contribution is -2.54. The fraction of sp³-hybridized carbons (Fsp3) is 0.842. The van der Waals surface area contributed by atoms with Gasteiger partial charge in [-0.05, 0) is 32.4 Å². The first-order valence-electron chi connectivity index (χ1n) is 9.86. The van der Waals surface area contributed by atoms with Gasteiger partial charge in [-0.15, -0.1) is 0 Å². The number of hydrogen-bond acceptors (Lipinski definition) is 5. The van der Waals surface area contributed by atoms with E-state index in [9.17, 15) is 61.9 Å². The van der Waals surface area contributed by atoms with Crippen LogP contribution in [0.5, 0.6) is 0 Å². The molecular weight excluding hydrogens is 553 g/mol. The van der Waals surface area contributed by atoms with Gasteiger partial charge >= 0.3 is 30.7 Å². The summed E-state index contributed by atoms with van der Waals surface area (Å²) in [5.41, 5.74) is -5.49. The van der Waals surface area contributed by atoms with Crippen LogP contribution in [0.3, 0.4) is 0 Å². The largest absolute Gasteiger partial charge is 0.468 e. The van der Waals surface area contributed by atoms with E-state index in [1.165, 1.54) is 6.92 Å². The molecule has 5 nitrogen and oxygen atoms in total. The summed E-state index contributed by atoms with van der Waals surface area (Å²) in [4.78, 5) is 28.3. The average molecular weight is 579 g/mol. The summed E-state index contributed by atoms with van der Waals surface area (Å²) in [7, 11) is 0.959. The van der Waals surface area contributed by atoms with Crippen molar-refractivity contribution in [2.45, 2.75) is 50.9 Å². The molecule has 0 aliphatic heterocycles. The van der Waals surface area contributed by atoms with E-state index in [1.807, 2.05) is 13.6 Å². The van der Waals surface area contributed by atoms with E-state index in [0.717, 1.165) is 12.0 Å². The quantitative estimate of drug-likeness (QED) is 0.232. The number of rotatable bonds is 11. The second-order valence-corrected chi connectivity index (χ2v) is 7.36. The molecule has 18 heteroatoms. The molecule has 0 aliphatic rings. The summed E-state index contributed by atoms with van der Waals surface area (Å²) in [5.74, 6) is -7.63. The van der Waals surface area contributed by atoms with Gasteiger partial charge in [-0.25, -0.2) is 4.39 Å². The molecule has 0 aliphatic carbocycles. The van der Waals surface area contributed by atoms with Crippen LogP contribution in [-0.4, -0.2) is 82.6 Å². The molecule has 2 unspecified atom stereocenters. The Balaban J connectivity index is -0.00000274. The fourth-order valence-corrected chi connectivity index (χ4v) is 3.04. The maximum Gasteiger partial charge on any atom is 0.405 e. The van der Waals surface area contributed by atoms with Gasteiger partial charge in [-0.2, -0.15) is 52.7 Å². The third-order valence-corrected chi connectivity index (χ3v) is 5.22. The number of esters is 1. The van der Waals surface area contributed by atoms with Gasteiger partial charge in [0, 0.05) is 0 Å². The molecule has 0 aromatic heterocycles. The molecule has 0 spiro atoms. The zero-order chi connectivity index (χ0) is 30.5. The zero-order valence-corrected chi connectivity index (χ0v) is 19.5. The molecule has 0 heterocycles. The lowest BCUT2D eigenvalue weighted by atomic mass is 9.75. The van der Waals surface area contributed by atoms with Crippen LogP contribution in [0.25, 0.3) is 0 Å². The van der Waals surface area contributed by atoms with E-state index in [-0.39, 0.29) is 6.54 Å². The number of hydrogen-bond donors (Lipinski definition) is 0. The van der Waals surface area contributed by atoms with E-state index in [1.54, 1.807) is 0 Å². The number of halogens is 13. The molecule has 0 aromatic rings. The van der Waals surface area contributed by atoms with Gasteiger partial charge in [0.2, 0.25) is 0 Å². The third kappa shape index (κ3) is 12.3. The molecule has 0 fully saturated rings.